The van der Waals surface area contributed by atoms with Gasteiger partial charge in [0.1, 0.15) is 5.82 Å². The summed E-state index contributed by atoms with van der Waals surface area (Å²) in [6, 6.07) is 0. The zero-order valence-corrected chi connectivity index (χ0v) is 11.4. The van der Waals surface area contributed by atoms with Gasteiger partial charge in [0.25, 0.3) is 0 Å². The lowest BCUT2D eigenvalue weighted by molar-refractivity contribution is -0.272. The van der Waals surface area contributed by atoms with E-state index in [0.717, 1.165) is 4.57 Å². The largest absolute Gasteiger partial charge is 0.424 e. The summed E-state index contributed by atoms with van der Waals surface area (Å²) < 4.78 is 40.4. The number of nitrogens with zero attached hydrogens (tertiary/aromatic N) is 2. The molecular weight excluding hydrogens is 275 g/mol. The number of rotatable bonds is 6. The van der Waals surface area contributed by atoms with E-state index in [0.29, 0.717) is 6.42 Å². The number of alkyl halides is 3. The number of amides is 1. The van der Waals surface area contributed by atoms with Gasteiger partial charge < -0.3 is 15.0 Å². The van der Waals surface area contributed by atoms with Crippen molar-refractivity contribution >= 4 is 5.91 Å². The highest BCUT2D eigenvalue weighted by atomic mass is 19.4. The third-order valence-electron chi connectivity index (χ3n) is 2.95. The average Bonchev–Trinajstić information content (AvgIpc) is 2.74. The van der Waals surface area contributed by atoms with Crippen LogP contribution in [0.1, 0.15) is 32.0 Å². The van der Waals surface area contributed by atoms with Crippen LogP contribution in [0.15, 0.2) is 12.4 Å². The first-order valence-electron chi connectivity index (χ1n) is 6.26. The molecule has 0 saturated carbocycles. The van der Waals surface area contributed by atoms with Crippen LogP contribution >= 0.6 is 0 Å². The van der Waals surface area contributed by atoms with Crippen molar-refractivity contribution in [1.29, 1.82) is 0 Å². The van der Waals surface area contributed by atoms with Crippen molar-refractivity contribution in [3.8, 4) is 0 Å². The molecule has 0 fully saturated rings. The molecule has 1 amide bonds. The Bertz CT molecular complexity index is 459. The zero-order chi connectivity index (χ0) is 15.4. The molecule has 5 nitrogen and oxygen atoms in total. The SMILES string of the molecule is CCCC(=O)NCCC(O)(c1nccn1C)C(F)(F)F. The molecule has 1 atom stereocenters. The summed E-state index contributed by atoms with van der Waals surface area (Å²) in [4.78, 5) is 14.8. The molecule has 0 saturated heterocycles. The van der Waals surface area contributed by atoms with Gasteiger partial charge in [-0.1, -0.05) is 6.92 Å². The Balaban J connectivity index is 2.82. The Kier molecular flexibility index (Phi) is 5.15. The molecule has 1 rings (SSSR count). The predicted octanol–water partition coefficient (Wildman–Crippen LogP) is 1.48. The Hall–Kier alpha value is -1.57. The first-order valence-corrected chi connectivity index (χ1v) is 6.26. The number of hydrogen-bond acceptors (Lipinski definition) is 3. The van der Waals surface area contributed by atoms with Gasteiger partial charge in [0.2, 0.25) is 11.5 Å². The molecule has 2 N–H and O–H groups in total. The van der Waals surface area contributed by atoms with Gasteiger partial charge in [0.05, 0.1) is 0 Å². The lowest BCUT2D eigenvalue weighted by Crippen LogP contribution is -2.46. The first-order chi connectivity index (χ1) is 9.22. The smallest absolute Gasteiger partial charge is 0.374 e. The quantitative estimate of drug-likeness (QED) is 0.835. The number of halogens is 3. The van der Waals surface area contributed by atoms with Gasteiger partial charge in [-0.15, -0.1) is 0 Å². The maximum atomic E-state index is 13.1. The molecule has 0 spiro atoms. The Morgan fingerprint density at radius 2 is 2.15 bits per heavy atom. The predicted molar refractivity (Wildman–Crippen MR) is 65.7 cm³/mol. The molecule has 0 radical (unpaired) electrons. The van der Waals surface area contributed by atoms with E-state index in [1.165, 1.54) is 19.4 Å². The summed E-state index contributed by atoms with van der Waals surface area (Å²) >= 11 is 0. The van der Waals surface area contributed by atoms with Crippen LogP contribution in [0.2, 0.25) is 0 Å². The Morgan fingerprint density at radius 1 is 1.50 bits per heavy atom. The molecule has 0 bridgehead atoms. The van der Waals surface area contributed by atoms with Crippen molar-refractivity contribution < 1.29 is 23.1 Å². The third-order valence-corrected chi connectivity index (χ3v) is 2.95. The van der Waals surface area contributed by atoms with E-state index in [1.54, 1.807) is 6.92 Å². The second kappa shape index (κ2) is 6.25. The van der Waals surface area contributed by atoms with Crippen LogP contribution in [0.4, 0.5) is 13.2 Å². The summed E-state index contributed by atoms with van der Waals surface area (Å²) in [5, 5.41) is 12.3. The minimum absolute atomic E-state index is 0.243. The summed E-state index contributed by atoms with van der Waals surface area (Å²) in [7, 11) is 1.37. The third kappa shape index (κ3) is 3.50. The maximum Gasteiger partial charge on any atom is 0.424 e. The second-order valence-corrected chi connectivity index (χ2v) is 4.57. The molecule has 1 unspecified atom stereocenters. The summed E-state index contributed by atoms with van der Waals surface area (Å²) in [6.45, 7) is 1.52. The van der Waals surface area contributed by atoms with Crippen LogP contribution in [0.3, 0.4) is 0 Å². The van der Waals surface area contributed by atoms with E-state index in [4.69, 9.17) is 0 Å². The van der Waals surface area contributed by atoms with E-state index >= 15 is 0 Å². The minimum Gasteiger partial charge on any atom is -0.374 e. The molecule has 0 aliphatic rings. The van der Waals surface area contributed by atoms with E-state index in [1.807, 2.05) is 0 Å². The molecule has 114 valence electrons. The minimum atomic E-state index is -4.87. The number of carbonyl (C=O) groups is 1. The highest BCUT2D eigenvalue weighted by molar-refractivity contribution is 5.75. The van der Waals surface area contributed by atoms with Crippen LogP contribution in [0.25, 0.3) is 0 Å². The number of carbonyl (C=O) groups excluding carboxylic acids is 1. The average molecular weight is 293 g/mol. The number of aryl methyl sites for hydroxylation is 1. The van der Waals surface area contributed by atoms with Crippen LogP contribution in [0.5, 0.6) is 0 Å². The molecule has 0 aliphatic carbocycles. The second-order valence-electron chi connectivity index (χ2n) is 4.57. The fraction of sp³-hybridized carbons (Fsp3) is 0.667. The molecular formula is C12H18F3N3O2. The van der Waals surface area contributed by atoms with E-state index in [9.17, 15) is 23.1 Å². The van der Waals surface area contributed by atoms with Crippen molar-refractivity contribution in [2.75, 3.05) is 6.54 Å². The molecule has 0 aliphatic heterocycles. The Morgan fingerprint density at radius 3 is 2.60 bits per heavy atom. The fourth-order valence-corrected chi connectivity index (χ4v) is 1.84. The number of aliphatic hydroxyl groups is 1. The van der Waals surface area contributed by atoms with Crippen molar-refractivity contribution in [2.24, 2.45) is 7.05 Å². The zero-order valence-electron chi connectivity index (χ0n) is 11.4. The highest BCUT2D eigenvalue weighted by Crippen LogP contribution is 2.40. The lowest BCUT2D eigenvalue weighted by Gasteiger charge is -2.29. The van der Waals surface area contributed by atoms with Gasteiger partial charge in [0.15, 0.2) is 0 Å². The van der Waals surface area contributed by atoms with Crippen LogP contribution in [0, 0.1) is 0 Å². The van der Waals surface area contributed by atoms with Crippen molar-refractivity contribution in [2.45, 2.75) is 38.0 Å². The van der Waals surface area contributed by atoms with E-state index in [-0.39, 0.29) is 18.9 Å². The van der Waals surface area contributed by atoms with Crippen LogP contribution in [-0.2, 0) is 17.4 Å². The molecule has 8 heteroatoms. The van der Waals surface area contributed by atoms with Crippen molar-refractivity contribution in [3.63, 3.8) is 0 Å². The molecule has 1 aromatic rings. The number of hydrogen-bond donors (Lipinski definition) is 2. The van der Waals surface area contributed by atoms with E-state index in [2.05, 4.69) is 10.3 Å². The standard InChI is InChI=1S/C12H18F3N3O2/c1-3-4-9(19)16-6-5-11(20,12(13,14)15)10-17-7-8-18(10)2/h7-8,20H,3-6H2,1-2H3,(H,16,19). The van der Waals surface area contributed by atoms with Crippen molar-refractivity contribution in [1.82, 2.24) is 14.9 Å². The van der Waals surface area contributed by atoms with Gasteiger partial charge in [-0.2, -0.15) is 13.2 Å². The molecule has 20 heavy (non-hydrogen) atoms. The highest BCUT2D eigenvalue weighted by Gasteiger charge is 2.57. The first kappa shape index (κ1) is 16.5. The van der Waals surface area contributed by atoms with E-state index < -0.39 is 24.0 Å². The number of aromatic nitrogens is 2. The molecule has 0 aromatic carbocycles. The molecule has 1 aromatic heterocycles. The number of nitrogens with one attached hydrogen (secondary N) is 1. The van der Waals surface area contributed by atoms with Gasteiger partial charge in [-0.05, 0) is 6.42 Å². The summed E-state index contributed by atoms with van der Waals surface area (Å²) in [6.07, 6.45) is -2.20. The van der Waals surface area contributed by atoms with Gasteiger partial charge >= 0.3 is 6.18 Å². The summed E-state index contributed by atoms with van der Waals surface area (Å²) in [5.41, 5.74) is -3.08. The lowest BCUT2D eigenvalue weighted by atomic mass is 9.97. The normalized spacial score (nSPS) is 14.9. The molecule has 1 heterocycles. The van der Waals surface area contributed by atoms with Gasteiger partial charge in [-0.25, -0.2) is 4.98 Å². The maximum absolute atomic E-state index is 13.1. The van der Waals surface area contributed by atoms with Crippen LogP contribution in [-0.4, -0.2) is 33.3 Å². The monoisotopic (exact) mass is 293 g/mol. The van der Waals surface area contributed by atoms with Crippen LogP contribution < -0.4 is 5.32 Å². The topological polar surface area (TPSA) is 67.2 Å². The number of imidazole rings is 1. The van der Waals surface area contributed by atoms with Gasteiger partial charge in [-0.3, -0.25) is 4.79 Å². The Labute approximate surface area is 114 Å². The summed E-state index contributed by atoms with van der Waals surface area (Å²) in [5.74, 6) is -0.827. The van der Waals surface area contributed by atoms with Crippen molar-refractivity contribution in [3.05, 3.63) is 18.2 Å². The van der Waals surface area contributed by atoms with Gasteiger partial charge in [0, 0.05) is 38.8 Å². The fourth-order valence-electron chi connectivity index (χ4n) is 1.84.